The summed E-state index contributed by atoms with van der Waals surface area (Å²) in [4.78, 5) is 2.39. The molecular weight excluding hydrogens is 653 g/mol. The highest BCUT2D eigenvalue weighted by atomic mass is 15.1. The van der Waals surface area contributed by atoms with E-state index in [0.29, 0.717) is 0 Å². The van der Waals surface area contributed by atoms with Crippen molar-refractivity contribution in [2.75, 3.05) is 4.90 Å². The minimum absolute atomic E-state index is 1.11. The Hall–Kier alpha value is -7.16. The van der Waals surface area contributed by atoms with Crippen molar-refractivity contribution in [2.45, 2.75) is 0 Å². The molecule has 0 bridgehead atoms. The Morgan fingerprint density at radius 3 is 1.57 bits per heavy atom. The molecule has 0 aliphatic rings. The molecule has 10 aromatic rings. The third-order valence-electron chi connectivity index (χ3n) is 10.6. The van der Waals surface area contributed by atoms with E-state index in [0.717, 1.165) is 17.1 Å². The van der Waals surface area contributed by atoms with E-state index in [4.69, 9.17) is 0 Å². The summed E-state index contributed by atoms with van der Waals surface area (Å²) in [5, 5.41) is 4.99. The van der Waals surface area contributed by atoms with Crippen LogP contribution < -0.4 is 4.90 Å². The van der Waals surface area contributed by atoms with Gasteiger partial charge in [-0.05, 0) is 76.2 Å². The SMILES string of the molecule is c1ccc(-c2ccccc2N(c2ccccc2)c2ccccc2-c2ccc(-c3ccc4c(c3)c3ccccc3n4-c3cccc4ccccc34)cc2)cc1. The molecule has 0 N–H and O–H groups in total. The molecule has 0 amide bonds. The molecule has 9 aromatic carbocycles. The van der Waals surface area contributed by atoms with Gasteiger partial charge in [0.1, 0.15) is 0 Å². The molecule has 0 radical (unpaired) electrons. The van der Waals surface area contributed by atoms with Crippen LogP contribution in [0.5, 0.6) is 0 Å². The highest BCUT2D eigenvalue weighted by molar-refractivity contribution is 6.11. The van der Waals surface area contributed by atoms with E-state index in [1.54, 1.807) is 0 Å². The van der Waals surface area contributed by atoms with Gasteiger partial charge in [0, 0.05) is 33.0 Å². The highest BCUT2D eigenvalue weighted by Crippen LogP contribution is 2.45. The first-order valence-electron chi connectivity index (χ1n) is 18.5. The molecule has 0 fully saturated rings. The first kappa shape index (κ1) is 31.6. The molecule has 2 heteroatoms. The van der Waals surface area contributed by atoms with Crippen LogP contribution in [0.2, 0.25) is 0 Å². The average Bonchev–Trinajstić information content (AvgIpc) is 3.58. The molecule has 1 aromatic heterocycles. The van der Waals surface area contributed by atoms with E-state index >= 15 is 0 Å². The van der Waals surface area contributed by atoms with Crippen LogP contribution in [-0.2, 0) is 0 Å². The zero-order valence-electron chi connectivity index (χ0n) is 29.7. The minimum Gasteiger partial charge on any atom is -0.309 e. The van der Waals surface area contributed by atoms with Gasteiger partial charge in [0.05, 0.1) is 28.1 Å². The maximum Gasteiger partial charge on any atom is 0.0541 e. The van der Waals surface area contributed by atoms with Crippen LogP contribution in [0.3, 0.4) is 0 Å². The quantitative estimate of drug-likeness (QED) is 0.162. The third-order valence-corrected chi connectivity index (χ3v) is 10.6. The van der Waals surface area contributed by atoms with Crippen LogP contribution in [-0.4, -0.2) is 4.57 Å². The summed E-state index contributed by atoms with van der Waals surface area (Å²) < 4.78 is 2.42. The Kier molecular flexibility index (Phi) is 7.85. The predicted molar refractivity (Wildman–Crippen MR) is 229 cm³/mol. The normalized spacial score (nSPS) is 11.3. The number of rotatable bonds is 7. The summed E-state index contributed by atoms with van der Waals surface area (Å²) in [5.74, 6) is 0. The third kappa shape index (κ3) is 5.44. The summed E-state index contributed by atoms with van der Waals surface area (Å²) in [7, 11) is 0. The number of hydrogen-bond acceptors (Lipinski definition) is 1. The lowest BCUT2D eigenvalue weighted by Crippen LogP contribution is -2.12. The van der Waals surface area contributed by atoms with Gasteiger partial charge >= 0.3 is 0 Å². The standard InChI is InChI=1S/C52H36N2/c1-3-16-38(17-4-1)43-23-9-12-26-48(43)53(42-20-5-2-6-21-42)49-27-13-10-24-45(49)40-32-30-37(31-33-40)41-34-35-52-47(36-41)46-25-11-14-28-51(46)54(52)50-29-15-19-39-18-7-8-22-44(39)50/h1-36H. The molecule has 254 valence electrons. The van der Waals surface area contributed by atoms with Gasteiger partial charge < -0.3 is 9.47 Å². The molecule has 0 unspecified atom stereocenters. The molecule has 0 saturated heterocycles. The van der Waals surface area contributed by atoms with E-state index in [9.17, 15) is 0 Å². The number of benzene rings is 9. The van der Waals surface area contributed by atoms with Crippen molar-refractivity contribution in [3.63, 3.8) is 0 Å². The Bertz CT molecular complexity index is 2920. The fourth-order valence-corrected chi connectivity index (χ4v) is 8.09. The van der Waals surface area contributed by atoms with Gasteiger partial charge in [-0.2, -0.15) is 0 Å². The van der Waals surface area contributed by atoms with Crippen molar-refractivity contribution in [3.8, 4) is 39.1 Å². The Morgan fingerprint density at radius 1 is 0.315 bits per heavy atom. The van der Waals surface area contributed by atoms with E-state index in [2.05, 4.69) is 228 Å². The van der Waals surface area contributed by atoms with Gasteiger partial charge in [-0.15, -0.1) is 0 Å². The lowest BCUT2D eigenvalue weighted by Gasteiger charge is -2.30. The van der Waals surface area contributed by atoms with Crippen molar-refractivity contribution in [2.24, 2.45) is 0 Å². The Balaban J connectivity index is 1.07. The van der Waals surface area contributed by atoms with Crippen molar-refractivity contribution in [3.05, 3.63) is 218 Å². The molecular formula is C52H36N2. The largest absolute Gasteiger partial charge is 0.309 e. The number of fused-ring (bicyclic) bond motifs is 4. The summed E-state index contributed by atoms with van der Waals surface area (Å²) in [6, 6.07) is 78.8. The average molecular weight is 689 g/mol. The predicted octanol–water partition coefficient (Wildman–Crippen LogP) is 14.4. The van der Waals surface area contributed by atoms with Crippen LogP contribution in [0.15, 0.2) is 218 Å². The van der Waals surface area contributed by atoms with Crippen molar-refractivity contribution in [1.29, 1.82) is 0 Å². The van der Waals surface area contributed by atoms with Crippen LogP contribution in [0, 0.1) is 0 Å². The van der Waals surface area contributed by atoms with Gasteiger partial charge in [0.2, 0.25) is 0 Å². The summed E-state index contributed by atoms with van der Waals surface area (Å²) in [6.07, 6.45) is 0. The molecule has 2 nitrogen and oxygen atoms in total. The smallest absolute Gasteiger partial charge is 0.0541 e. The number of aromatic nitrogens is 1. The minimum atomic E-state index is 1.11. The molecule has 54 heavy (non-hydrogen) atoms. The second-order valence-corrected chi connectivity index (χ2v) is 13.7. The topological polar surface area (TPSA) is 8.17 Å². The van der Waals surface area contributed by atoms with Crippen molar-refractivity contribution < 1.29 is 0 Å². The first-order valence-corrected chi connectivity index (χ1v) is 18.5. The fourth-order valence-electron chi connectivity index (χ4n) is 8.09. The van der Waals surface area contributed by atoms with E-state index in [1.807, 2.05) is 0 Å². The maximum atomic E-state index is 2.42. The maximum absolute atomic E-state index is 2.42. The van der Waals surface area contributed by atoms with Crippen molar-refractivity contribution in [1.82, 2.24) is 4.57 Å². The highest BCUT2D eigenvalue weighted by Gasteiger charge is 2.20. The summed E-state index contributed by atoms with van der Waals surface area (Å²) in [6.45, 7) is 0. The number of anilines is 3. The lowest BCUT2D eigenvalue weighted by atomic mass is 9.96. The molecule has 0 aliphatic heterocycles. The van der Waals surface area contributed by atoms with Crippen LogP contribution >= 0.6 is 0 Å². The number of hydrogen-bond donors (Lipinski definition) is 0. The van der Waals surface area contributed by atoms with Gasteiger partial charge in [0.25, 0.3) is 0 Å². The molecule has 10 rings (SSSR count). The molecule has 1 heterocycles. The van der Waals surface area contributed by atoms with E-state index < -0.39 is 0 Å². The first-order chi connectivity index (χ1) is 26.8. The second kappa shape index (κ2) is 13.4. The van der Waals surface area contributed by atoms with Gasteiger partial charge in [0.15, 0.2) is 0 Å². The molecule has 0 aliphatic carbocycles. The Morgan fingerprint density at radius 2 is 0.833 bits per heavy atom. The fraction of sp³-hybridized carbons (Fsp3) is 0. The lowest BCUT2D eigenvalue weighted by molar-refractivity contribution is 1.20. The number of para-hydroxylation sites is 4. The van der Waals surface area contributed by atoms with Crippen molar-refractivity contribution >= 4 is 49.6 Å². The van der Waals surface area contributed by atoms with Crippen LogP contribution in [0.4, 0.5) is 17.1 Å². The van der Waals surface area contributed by atoms with E-state index in [-0.39, 0.29) is 0 Å². The number of nitrogens with zero attached hydrogens (tertiary/aromatic N) is 2. The second-order valence-electron chi connectivity index (χ2n) is 13.7. The molecule has 0 atom stereocenters. The van der Waals surface area contributed by atoms with Crippen LogP contribution in [0.25, 0.3) is 71.6 Å². The summed E-state index contributed by atoms with van der Waals surface area (Å²) >= 11 is 0. The summed E-state index contributed by atoms with van der Waals surface area (Å²) in [5.41, 5.74) is 14.1. The monoisotopic (exact) mass is 688 g/mol. The van der Waals surface area contributed by atoms with Gasteiger partial charge in [-0.25, -0.2) is 0 Å². The zero-order valence-corrected chi connectivity index (χ0v) is 29.7. The molecule has 0 spiro atoms. The van der Waals surface area contributed by atoms with E-state index in [1.165, 1.54) is 71.6 Å². The Labute approximate surface area is 315 Å². The zero-order chi connectivity index (χ0) is 35.8. The van der Waals surface area contributed by atoms with Crippen LogP contribution in [0.1, 0.15) is 0 Å². The van der Waals surface area contributed by atoms with Gasteiger partial charge in [-0.1, -0.05) is 170 Å². The van der Waals surface area contributed by atoms with Gasteiger partial charge in [-0.3, -0.25) is 0 Å². The molecule has 0 saturated carbocycles.